The molecule has 0 radical (unpaired) electrons. The van der Waals surface area contributed by atoms with Crippen molar-refractivity contribution in [1.29, 1.82) is 0 Å². The lowest BCUT2D eigenvalue weighted by Crippen LogP contribution is -2.23. The average molecular weight is 470 g/mol. The highest BCUT2D eigenvalue weighted by atomic mass is 16.5. The van der Waals surface area contributed by atoms with Crippen LogP contribution in [0.4, 0.5) is 5.69 Å². The quantitative estimate of drug-likeness (QED) is 0.226. The van der Waals surface area contributed by atoms with E-state index in [1.54, 1.807) is 7.11 Å². The molecule has 0 aromatic heterocycles. The van der Waals surface area contributed by atoms with Crippen LogP contribution in [0.25, 0.3) is 5.70 Å². The standard InChI is InChI=1S/C30H35N3O2/c1-19(2)35-29-17-14-23(18-27(29)31)30(34-5)33-21(4)24-12-9-13-26-25(24)15-16-28(26)32-20(3)22-10-7-6-8-11-22/h6-14,17-20,28,32H,4,15-16,31H2,1-3,5H3/t20-,28-/m0/s1. The van der Waals surface area contributed by atoms with Crippen molar-refractivity contribution in [1.82, 2.24) is 5.32 Å². The molecule has 0 fully saturated rings. The summed E-state index contributed by atoms with van der Waals surface area (Å²) in [6.07, 6.45) is 2.08. The van der Waals surface area contributed by atoms with Crippen LogP contribution in [0.3, 0.4) is 0 Å². The molecule has 0 spiro atoms. The second-order valence-corrected chi connectivity index (χ2v) is 9.25. The Hall–Kier alpha value is -3.57. The zero-order chi connectivity index (χ0) is 24.9. The molecule has 5 heteroatoms. The molecule has 1 aliphatic rings. The highest BCUT2D eigenvalue weighted by Gasteiger charge is 2.26. The third-order valence-corrected chi connectivity index (χ3v) is 6.38. The Morgan fingerprint density at radius 3 is 2.51 bits per heavy atom. The van der Waals surface area contributed by atoms with Crippen molar-refractivity contribution < 1.29 is 9.47 Å². The molecule has 3 aromatic rings. The lowest BCUT2D eigenvalue weighted by atomic mass is 9.99. The van der Waals surface area contributed by atoms with Crippen molar-refractivity contribution >= 4 is 17.3 Å². The SMILES string of the molecule is C=C(N=C(OC)c1ccc(OC(C)C)c(N)c1)c1cccc2c1CC[C@@H]2N[C@@H](C)c1ccccc1. The Kier molecular flexibility index (Phi) is 7.57. The van der Waals surface area contributed by atoms with Gasteiger partial charge in [-0.1, -0.05) is 55.1 Å². The molecule has 3 N–H and O–H groups in total. The van der Waals surface area contributed by atoms with E-state index < -0.39 is 0 Å². The van der Waals surface area contributed by atoms with Crippen LogP contribution in [0.1, 0.15) is 67.1 Å². The molecule has 0 heterocycles. The van der Waals surface area contributed by atoms with E-state index in [1.807, 2.05) is 32.0 Å². The molecule has 1 aliphatic carbocycles. The summed E-state index contributed by atoms with van der Waals surface area (Å²) in [6, 6.07) is 23.1. The highest BCUT2D eigenvalue weighted by Crippen LogP contribution is 2.37. The first-order valence-corrected chi connectivity index (χ1v) is 12.2. The molecular formula is C30H35N3O2. The van der Waals surface area contributed by atoms with E-state index in [-0.39, 0.29) is 12.1 Å². The molecule has 0 unspecified atom stereocenters. The van der Waals surface area contributed by atoms with Gasteiger partial charge in [0, 0.05) is 23.2 Å². The second-order valence-electron chi connectivity index (χ2n) is 9.25. The van der Waals surface area contributed by atoms with Crippen molar-refractivity contribution in [3.63, 3.8) is 0 Å². The highest BCUT2D eigenvalue weighted by molar-refractivity contribution is 5.98. The summed E-state index contributed by atoms with van der Waals surface area (Å²) in [4.78, 5) is 4.76. The minimum absolute atomic E-state index is 0.0488. The number of ether oxygens (including phenoxy) is 2. The Balaban J connectivity index is 1.56. The molecule has 0 bridgehead atoms. The van der Waals surface area contributed by atoms with Crippen molar-refractivity contribution in [3.05, 3.63) is 101 Å². The van der Waals surface area contributed by atoms with E-state index in [2.05, 4.69) is 67.4 Å². The molecule has 0 saturated heterocycles. The van der Waals surface area contributed by atoms with Gasteiger partial charge in [-0.25, -0.2) is 4.99 Å². The number of nitrogens with two attached hydrogens (primary N) is 1. The van der Waals surface area contributed by atoms with Gasteiger partial charge in [-0.05, 0) is 68.5 Å². The van der Waals surface area contributed by atoms with Crippen LogP contribution in [0, 0.1) is 0 Å². The summed E-state index contributed by atoms with van der Waals surface area (Å²) in [6.45, 7) is 10.4. The van der Waals surface area contributed by atoms with Crippen molar-refractivity contribution in [2.24, 2.45) is 4.99 Å². The first kappa shape index (κ1) is 24.6. The first-order valence-electron chi connectivity index (χ1n) is 12.2. The van der Waals surface area contributed by atoms with E-state index in [0.29, 0.717) is 29.1 Å². The molecule has 4 rings (SSSR count). The molecule has 5 nitrogen and oxygen atoms in total. The van der Waals surface area contributed by atoms with E-state index in [4.69, 9.17) is 20.2 Å². The molecule has 2 atom stereocenters. The minimum Gasteiger partial charge on any atom is -0.489 e. The number of anilines is 1. The monoisotopic (exact) mass is 469 g/mol. The average Bonchev–Trinajstić information content (AvgIpc) is 3.26. The second kappa shape index (κ2) is 10.8. The largest absolute Gasteiger partial charge is 0.489 e. The maximum Gasteiger partial charge on any atom is 0.221 e. The van der Waals surface area contributed by atoms with Crippen LogP contribution < -0.4 is 15.8 Å². The normalized spacial score (nSPS) is 16.1. The number of nitrogens with one attached hydrogen (secondary N) is 1. The van der Waals surface area contributed by atoms with Crippen LogP contribution >= 0.6 is 0 Å². The van der Waals surface area contributed by atoms with Crippen LogP contribution in [-0.4, -0.2) is 19.1 Å². The van der Waals surface area contributed by atoms with E-state index in [0.717, 1.165) is 24.0 Å². The molecule has 0 aliphatic heterocycles. The first-order chi connectivity index (χ1) is 16.9. The summed E-state index contributed by atoms with van der Waals surface area (Å²) in [5, 5.41) is 3.80. The van der Waals surface area contributed by atoms with Crippen molar-refractivity contribution in [2.45, 2.75) is 51.8 Å². The number of nitrogens with zero attached hydrogens (tertiary/aromatic N) is 1. The van der Waals surface area contributed by atoms with Gasteiger partial charge in [0.05, 0.1) is 24.6 Å². The van der Waals surface area contributed by atoms with Gasteiger partial charge in [-0.3, -0.25) is 0 Å². The van der Waals surface area contributed by atoms with Gasteiger partial charge < -0.3 is 20.5 Å². The van der Waals surface area contributed by atoms with E-state index in [9.17, 15) is 0 Å². The molecule has 3 aromatic carbocycles. The maximum absolute atomic E-state index is 6.21. The fourth-order valence-corrected chi connectivity index (χ4v) is 4.69. The van der Waals surface area contributed by atoms with Gasteiger partial charge in [0.2, 0.25) is 5.90 Å². The lowest BCUT2D eigenvalue weighted by Gasteiger charge is -2.21. The minimum atomic E-state index is 0.0488. The number of rotatable bonds is 8. The zero-order valence-electron chi connectivity index (χ0n) is 21.0. The predicted octanol–water partition coefficient (Wildman–Crippen LogP) is 6.46. The van der Waals surface area contributed by atoms with E-state index in [1.165, 1.54) is 16.7 Å². The maximum atomic E-state index is 6.21. The summed E-state index contributed by atoms with van der Waals surface area (Å²) >= 11 is 0. The fraction of sp³-hybridized carbons (Fsp3) is 0.300. The molecule has 0 amide bonds. The summed E-state index contributed by atoms with van der Waals surface area (Å²) < 4.78 is 11.4. The molecule has 0 saturated carbocycles. The molecular weight excluding hydrogens is 434 g/mol. The third-order valence-electron chi connectivity index (χ3n) is 6.38. The predicted molar refractivity (Wildman–Crippen MR) is 145 cm³/mol. The van der Waals surface area contributed by atoms with Gasteiger partial charge in [0.15, 0.2) is 0 Å². The number of methoxy groups -OCH3 is 1. The lowest BCUT2D eigenvalue weighted by molar-refractivity contribution is 0.244. The number of aliphatic imine (C=N–C) groups is 1. The summed E-state index contributed by atoms with van der Waals surface area (Å²) in [7, 11) is 1.61. The Labute approximate surface area is 208 Å². The number of hydrogen-bond donors (Lipinski definition) is 2. The topological polar surface area (TPSA) is 68.9 Å². The fourth-order valence-electron chi connectivity index (χ4n) is 4.69. The Morgan fingerprint density at radius 2 is 1.83 bits per heavy atom. The number of fused-ring (bicyclic) bond motifs is 1. The van der Waals surface area contributed by atoms with Crippen LogP contribution in [-0.2, 0) is 11.2 Å². The van der Waals surface area contributed by atoms with Crippen molar-refractivity contribution in [3.8, 4) is 5.75 Å². The Bertz CT molecular complexity index is 1220. The van der Waals surface area contributed by atoms with Gasteiger partial charge in [-0.15, -0.1) is 0 Å². The molecule has 182 valence electrons. The van der Waals surface area contributed by atoms with Gasteiger partial charge >= 0.3 is 0 Å². The number of hydrogen-bond acceptors (Lipinski definition) is 5. The van der Waals surface area contributed by atoms with Crippen LogP contribution in [0.15, 0.2) is 78.3 Å². The van der Waals surface area contributed by atoms with Crippen molar-refractivity contribution in [2.75, 3.05) is 12.8 Å². The third kappa shape index (κ3) is 5.57. The number of nitrogen functional groups attached to an aromatic ring is 1. The summed E-state index contributed by atoms with van der Waals surface area (Å²) in [5.74, 6) is 1.13. The van der Waals surface area contributed by atoms with Crippen LogP contribution in [0.5, 0.6) is 5.75 Å². The van der Waals surface area contributed by atoms with Crippen LogP contribution in [0.2, 0.25) is 0 Å². The Morgan fingerprint density at radius 1 is 1.06 bits per heavy atom. The smallest absolute Gasteiger partial charge is 0.221 e. The van der Waals surface area contributed by atoms with E-state index >= 15 is 0 Å². The number of benzene rings is 3. The van der Waals surface area contributed by atoms with Gasteiger partial charge in [0.1, 0.15) is 5.75 Å². The molecule has 35 heavy (non-hydrogen) atoms. The zero-order valence-corrected chi connectivity index (χ0v) is 21.0. The van der Waals surface area contributed by atoms with Gasteiger partial charge in [-0.2, -0.15) is 0 Å². The van der Waals surface area contributed by atoms with Gasteiger partial charge in [0.25, 0.3) is 0 Å². The summed E-state index contributed by atoms with van der Waals surface area (Å²) in [5.41, 5.74) is 13.2.